The highest BCUT2D eigenvalue weighted by Gasteiger charge is 2.44. The summed E-state index contributed by atoms with van der Waals surface area (Å²) in [4.78, 5) is 29.6. The molecule has 0 unspecified atom stereocenters. The van der Waals surface area contributed by atoms with E-state index in [0.29, 0.717) is 43.2 Å². The minimum absolute atomic E-state index is 0.0281. The molecule has 0 saturated carbocycles. The van der Waals surface area contributed by atoms with E-state index in [9.17, 15) is 9.59 Å². The molecule has 0 fully saturated rings. The molecule has 0 aliphatic carbocycles. The maximum Gasteiger partial charge on any atom is 0.254 e. The number of nitrogens with zero attached hydrogens (tertiary/aromatic N) is 4. The van der Waals surface area contributed by atoms with Gasteiger partial charge in [0.25, 0.3) is 5.91 Å². The molecule has 2 aliphatic rings. The van der Waals surface area contributed by atoms with Crippen molar-refractivity contribution in [3.8, 4) is 17.2 Å². The van der Waals surface area contributed by atoms with Crippen LogP contribution in [-0.2, 0) is 16.0 Å². The van der Waals surface area contributed by atoms with Crippen LogP contribution in [0.3, 0.4) is 0 Å². The van der Waals surface area contributed by atoms with Crippen LogP contribution in [0.1, 0.15) is 63.3 Å². The minimum Gasteiger partial charge on any atom is -0.494 e. The van der Waals surface area contributed by atoms with Crippen LogP contribution in [0.4, 0.5) is 0 Å². The zero-order valence-electron chi connectivity index (χ0n) is 24.8. The average Bonchev–Trinajstić information content (AvgIpc) is 3.23. The molecule has 0 saturated heterocycles. The first-order chi connectivity index (χ1) is 20.3. The van der Waals surface area contributed by atoms with Gasteiger partial charge in [-0.15, -0.1) is 0 Å². The predicted octanol–water partition coefficient (Wildman–Crippen LogP) is 4.86. The number of carbonyl (C=O) groups is 2. The van der Waals surface area contributed by atoms with E-state index in [1.807, 2.05) is 56.3 Å². The van der Waals surface area contributed by atoms with Crippen molar-refractivity contribution >= 4 is 34.1 Å². The van der Waals surface area contributed by atoms with Crippen LogP contribution in [0.15, 0.2) is 52.7 Å². The molecule has 3 heterocycles. The zero-order chi connectivity index (χ0) is 29.9. The normalized spacial score (nSPS) is 16.3. The smallest absolute Gasteiger partial charge is 0.254 e. The Kier molecular flexibility index (Phi) is 8.42. The standard InChI is InChI=1S/C32H37N5O5/c1-6-21-10-11-22-23(12-15-26(40-4)29(22)33-21)30-32(2,3)31(39)37(36-30)17-7-8-18-42-25-14-9-20(19-27(25)41-5)24-13-16-28(38)35-34-24/h9-12,14-15,19H,6-8,13,16-18H2,1-5H3,(H,35,38). The van der Waals surface area contributed by atoms with Crippen LogP contribution in [0, 0.1) is 5.41 Å². The molecule has 0 radical (unpaired) electrons. The second-order valence-electron chi connectivity index (χ2n) is 10.9. The van der Waals surface area contributed by atoms with Crippen molar-refractivity contribution in [2.75, 3.05) is 27.4 Å². The van der Waals surface area contributed by atoms with E-state index in [0.717, 1.165) is 58.4 Å². The van der Waals surface area contributed by atoms with Gasteiger partial charge in [-0.2, -0.15) is 10.2 Å². The third kappa shape index (κ3) is 5.66. The fraction of sp³-hybridized carbons (Fsp3) is 0.406. The number of pyridine rings is 1. The molecule has 1 N–H and O–H groups in total. The molecule has 0 bridgehead atoms. The average molecular weight is 572 g/mol. The number of hydrazone groups is 2. The first kappa shape index (κ1) is 29.0. The summed E-state index contributed by atoms with van der Waals surface area (Å²) in [7, 11) is 3.23. The molecule has 0 spiro atoms. The van der Waals surface area contributed by atoms with Gasteiger partial charge in [0.15, 0.2) is 11.5 Å². The number of nitrogens with one attached hydrogen (secondary N) is 1. The molecule has 10 nitrogen and oxygen atoms in total. The lowest BCUT2D eigenvalue weighted by atomic mass is 9.82. The number of aromatic nitrogens is 1. The Morgan fingerprint density at radius 1 is 0.952 bits per heavy atom. The summed E-state index contributed by atoms with van der Waals surface area (Å²) in [5, 5.41) is 11.5. The number of hydrogen-bond acceptors (Lipinski definition) is 8. The Bertz CT molecular complexity index is 1580. The van der Waals surface area contributed by atoms with Gasteiger partial charge in [-0.05, 0) is 69.5 Å². The maximum absolute atomic E-state index is 13.4. The van der Waals surface area contributed by atoms with Gasteiger partial charge in [-0.25, -0.2) is 15.4 Å². The van der Waals surface area contributed by atoms with Crippen molar-refractivity contribution in [1.82, 2.24) is 15.4 Å². The lowest BCUT2D eigenvalue weighted by molar-refractivity contribution is -0.135. The van der Waals surface area contributed by atoms with Crippen LogP contribution in [0.25, 0.3) is 10.9 Å². The zero-order valence-corrected chi connectivity index (χ0v) is 24.8. The van der Waals surface area contributed by atoms with E-state index in [2.05, 4.69) is 17.5 Å². The van der Waals surface area contributed by atoms with Gasteiger partial charge in [-0.1, -0.05) is 13.0 Å². The van der Waals surface area contributed by atoms with Gasteiger partial charge in [0.05, 0.1) is 37.7 Å². The van der Waals surface area contributed by atoms with E-state index in [1.165, 1.54) is 0 Å². The number of fused-ring (bicyclic) bond motifs is 1. The van der Waals surface area contributed by atoms with E-state index in [4.69, 9.17) is 24.3 Å². The molecule has 0 atom stereocenters. The number of methoxy groups -OCH3 is 2. The molecule has 5 rings (SSSR count). The highest BCUT2D eigenvalue weighted by atomic mass is 16.5. The largest absolute Gasteiger partial charge is 0.494 e. The fourth-order valence-corrected chi connectivity index (χ4v) is 5.25. The first-order valence-corrected chi connectivity index (χ1v) is 14.3. The van der Waals surface area contributed by atoms with Crippen molar-refractivity contribution in [3.05, 3.63) is 59.3 Å². The number of hydrogen-bond donors (Lipinski definition) is 1. The number of amides is 2. The van der Waals surface area contributed by atoms with E-state index in [-0.39, 0.29) is 11.8 Å². The number of aryl methyl sites for hydroxylation is 1. The van der Waals surface area contributed by atoms with E-state index < -0.39 is 5.41 Å². The predicted molar refractivity (Wildman–Crippen MR) is 161 cm³/mol. The summed E-state index contributed by atoms with van der Waals surface area (Å²) in [6.07, 6.45) is 3.26. The Morgan fingerprint density at radius 3 is 2.45 bits per heavy atom. The van der Waals surface area contributed by atoms with Gasteiger partial charge in [0.2, 0.25) is 5.91 Å². The van der Waals surface area contributed by atoms with Crippen LogP contribution in [0.2, 0.25) is 0 Å². The molecule has 10 heteroatoms. The highest BCUT2D eigenvalue weighted by molar-refractivity contribution is 6.23. The summed E-state index contributed by atoms with van der Waals surface area (Å²) in [5.41, 5.74) is 6.82. The highest BCUT2D eigenvalue weighted by Crippen LogP contribution is 2.37. The Labute approximate surface area is 245 Å². The number of carbonyl (C=O) groups excluding carboxylic acids is 2. The van der Waals surface area contributed by atoms with Gasteiger partial charge >= 0.3 is 0 Å². The van der Waals surface area contributed by atoms with Crippen LogP contribution >= 0.6 is 0 Å². The Balaban J connectivity index is 1.24. The minimum atomic E-state index is -0.776. The molecule has 3 aromatic rings. The summed E-state index contributed by atoms with van der Waals surface area (Å²) < 4.78 is 17.1. The molecular weight excluding hydrogens is 534 g/mol. The lowest BCUT2D eigenvalue weighted by Crippen LogP contribution is -2.35. The number of unbranched alkanes of at least 4 members (excludes halogenated alkanes) is 1. The Morgan fingerprint density at radius 2 is 1.74 bits per heavy atom. The van der Waals surface area contributed by atoms with Gasteiger partial charge in [0.1, 0.15) is 11.3 Å². The van der Waals surface area contributed by atoms with Crippen molar-refractivity contribution in [1.29, 1.82) is 0 Å². The van der Waals surface area contributed by atoms with Crippen molar-refractivity contribution in [2.24, 2.45) is 15.6 Å². The van der Waals surface area contributed by atoms with Crippen molar-refractivity contribution < 1.29 is 23.8 Å². The fourth-order valence-electron chi connectivity index (χ4n) is 5.25. The Hall–Kier alpha value is -4.47. The third-order valence-electron chi connectivity index (χ3n) is 7.72. The second kappa shape index (κ2) is 12.2. The van der Waals surface area contributed by atoms with Crippen LogP contribution in [-0.4, -0.2) is 60.6 Å². The third-order valence-corrected chi connectivity index (χ3v) is 7.72. The number of ether oxygens (including phenoxy) is 3. The molecule has 2 amide bonds. The molecule has 42 heavy (non-hydrogen) atoms. The summed E-state index contributed by atoms with van der Waals surface area (Å²) >= 11 is 0. The quantitative estimate of drug-likeness (QED) is 0.329. The first-order valence-electron chi connectivity index (χ1n) is 14.3. The van der Waals surface area contributed by atoms with Crippen LogP contribution in [0.5, 0.6) is 17.2 Å². The van der Waals surface area contributed by atoms with Crippen molar-refractivity contribution in [2.45, 2.75) is 52.9 Å². The second-order valence-corrected chi connectivity index (χ2v) is 10.9. The molecule has 220 valence electrons. The number of benzene rings is 2. The molecule has 1 aromatic heterocycles. The van der Waals surface area contributed by atoms with Crippen LogP contribution < -0.4 is 19.6 Å². The summed E-state index contributed by atoms with van der Waals surface area (Å²) in [6.45, 7) is 6.86. The molecule has 2 aromatic carbocycles. The SMILES string of the molecule is CCc1ccc2c(C3=NN(CCCCOc4ccc(C5=NNC(=O)CC5)cc4OC)C(=O)C3(C)C)ccc(OC)c2n1. The molecular formula is C32H37N5O5. The van der Waals surface area contributed by atoms with Gasteiger partial charge in [-0.3, -0.25) is 9.59 Å². The monoisotopic (exact) mass is 571 g/mol. The molecule has 2 aliphatic heterocycles. The lowest BCUT2D eigenvalue weighted by Gasteiger charge is -2.20. The van der Waals surface area contributed by atoms with E-state index >= 15 is 0 Å². The maximum atomic E-state index is 13.4. The van der Waals surface area contributed by atoms with E-state index in [1.54, 1.807) is 19.2 Å². The van der Waals surface area contributed by atoms with Gasteiger partial charge in [0, 0.05) is 41.6 Å². The topological polar surface area (TPSA) is 115 Å². The number of rotatable bonds is 11. The summed E-state index contributed by atoms with van der Waals surface area (Å²) in [5.74, 6) is 1.83. The van der Waals surface area contributed by atoms with Crippen molar-refractivity contribution in [3.63, 3.8) is 0 Å². The van der Waals surface area contributed by atoms with Gasteiger partial charge < -0.3 is 14.2 Å². The summed E-state index contributed by atoms with van der Waals surface area (Å²) in [6, 6.07) is 13.6.